The molecule has 0 aromatic heterocycles. The highest BCUT2D eigenvalue weighted by Gasteiger charge is 2.30. The molecule has 0 saturated carbocycles. The number of carbonyl (C=O) groups is 4. The van der Waals surface area contributed by atoms with Gasteiger partial charge < -0.3 is 33.8 Å². The average Bonchev–Trinajstić information content (AvgIpc) is 1.10. The third-order valence-corrected chi connectivity index (χ3v) is 20.2. The minimum Gasteiger partial charge on any atom is -0.462 e. The molecule has 0 saturated heterocycles. The van der Waals surface area contributed by atoms with E-state index in [9.17, 15) is 43.2 Å². The topological polar surface area (TPSA) is 237 Å². The fraction of sp³-hybridized carbons (Fsp3) is 0.855. The van der Waals surface area contributed by atoms with Gasteiger partial charge in [-0.1, -0.05) is 314 Å². The number of phosphoric ester groups is 2. The zero-order valence-corrected chi connectivity index (χ0v) is 67.3. The standard InChI is InChI=1S/C83H154O17P2/c1-5-9-13-17-21-25-29-33-37-38-42-46-50-54-58-62-66-70-83(88)100-79(74-94-81(86)68-64-60-56-52-48-44-40-35-31-27-23-19-15-11-7-3)76-98-102(91,92)96-72-77(84)71-95-101(89,90)97-75-78(99-82(87)69-65-61-57-53-49-45-41-36-32-28-24-20-16-12-8-4)73-93-80(85)67-63-59-55-51-47-43-39-34-30-26-22-18-14-10-6-2/h24,28,34-36,39-41,77-79,84H,5-23,25-27,29-33,37-38,42-76H2,1-4H3,(H,89,90)(H,91,92)/b28-24-,39-34-,40-35-,41-36-/t77-,78-,79-/m1/s1. The second kappa shape index (κ2) is 76.2. The molecule has 0 radical (unpaired) electrons. The molecule has 2 unspecified atom stereocenters. The summed E-state index contributed by atoms with van der Waals surface area (Å²) in [6.07, 6.45) is 75.0. The normalized spacial score (nSPS) is 14.1. The Hall–Kier alpha value is -2.98. The zero-order valence-electron chi connectivity index (χ0n) is 65.6. The van der Waals surface area contributed by atoms with Crippen molar-refractivity contribution in [2.24, 2.45) is 0 Å². The minimum atomic E-state index is -4.98. The monoisotopic (exact) mass is 1490 g/mol. The number of unbranched alkanes of at least 4 members (excludes halogenated alkanes) is 46. The van der Waals surface area contributed by atoms with Gasteiger partial charge in [0.05, 0.1) is 26.4 Å². The van der Waals surface area contributed by atoms with Gasteiger partial charge in [0.25, 0.3) is 0 Å². The molecule has 0 aromatic rings. The van der Waals surface area contributed by atoms with Gasteiger partial charge in [0.1, 0.15) is 19.3 Å². The highest BCUT2D eigenvalue weighted by molar-refractivity contribution is 7.47. The van der Waals surface area contributed by atoms with Gasteiger partial charge in [-0.15, -0.1) is 0 Å². The van der Waals surface area contributed by atoms with E-state index in [4.69, 9.17) is 37.0 Å². The second-order valence-electron chi connectivity index (χ2n) is 28.4. The number of esters is 4. The van der Waals surface area contributed by atoms with Crippen LogP contribution in [0.2, 0.25) is 0 Å². The van der Waals surface area contributed by atoms with Gasteiger partial charge in [0.2, 0.25) is 0 Å². The van der Waals surface area contributed by atoms with Crippen LogP contribution in [0.3, 0.4) is 0 Å². The van der Waals surface area contributed by atoms with Gasteiger partial charge >= 0.3 is 39.5 Å². The van der Waals surface area contributed by atoms with Crippen LogP contribution >= 0.6 is 15.6 Å². The number of carbonyl (C=O) groups excluding carboxylic acids is 4. The van der Waals surface area contributed by atoms with E-state index in [2.05, 4.69) is 76.3 Å². The Balaban J connectivity index is 5.34. The molecule has 0 aliphatic heterocycles. The molecule has 3 N–H and O–H groups in total. The molecular weight excluding hydrogens is 1330 g/mol. The smallest absolute Gasteiger partial charge is 0.462 e. The third kappa shape index (κ3) is 75.3. The van der Waals surface area contributed by atoms with Gasteiger partial charge in [-0.25, -0.2) is 9.13 Å². The summed E-state index contributed by atoms with van der Waals surface area (Å²) in [7, 11) is -9.95. The molecule has 0 bridgehead atoms. The molecule has 19 heteroatoms. The Morgan fingerprint density at radius 1 is 0.275 bits per heavy atom. The molecule has 0 spiro atoms. The molecule has 102 heavy (non-hydrogen) atoms. The van der Waals surface area contributed by atoms with Crippen LogP contribution in [0.4, 0.5) is 0 Å². The summed E-state index contributed by atoms with van der Waals surface area (Å²) >= 11 is 0. The highest BCUT2D eigenvalue weighted by Crippen LogP contribution is 2.45. The van der Waals surface area contributed by atoms with Crippen molar-refractivity contribution in [3.05, 3.63) is 48.6 Å². The third-order valence-electron chi connectivity index (χ3n) is 18.3. The Morgan fingerprint density at radius 2 is 0.480 bits per heavy atom. The first-order valence-corrected chi connectivity index (χ1v) is 44.9. The molecule has 0 aromatic carbocycles. The van der Waals surface area contributed by atoms with Crippen molar-refractivity contribution in [2.75, 3.05) is 39.6 Å². The Labute approximate surface area is 623 Å². The molecule has 0 amide bonds. The SMILES string of the molecule is CCCCC/C=C\C/C=C\CCCCCCCC(=O)O[C@H](COC(=O)CCCCCCC/C=C\CCCCCCCC)COP(=O)(O)OC[C@@H](O)COP(=O)(O)OC[C@@H](COC(=O)CCCCCCC/C=C\CCCCCCCC)OC(=O)CCCCCCCCCCCCCCCCCCC. The minimum absolute atomic E-state index is 0.0823. The number of allylic oxidation sites excluding steroid dienone is 8. The lowest BCUT2D eigenvalue weighted by molar-refractivity contribution is -0.161. The first-order valence-electron chi connectivity index (χ1n) is 41.9. The maximum atomic E-state index is 13.1. The van der Waals surface area contributed by atoms with E-state index in [1.165, 1.54) is 173 Å². The maximum absolute atomic E-state index is 13.1. The first-order chi connectivity index (χ1) is 49.7. The molecule has 5 atom stereocenters. The zero-order chi connectivity index (χ0) is 74.6. The van der Waals surface area contributed by atoms with Crippen molar-refractivity contribution < 1.29 is 80.2 Å². The molecule has 0 aliphatic rings. The van der Waals surface area contributed by atoms with Gasteiger partial charge in [0, 0.05) is 25.7 Å². The number of rotatable bonds is 80. The number of ether oxygens (including phenoxy) is 4. The van der Waals surface area contributed by atoms with Crippen LogP contribution in [0.5, 0.6) is 0 Å². The molecule has 0 aliphatic carbocycles. The van der Waals surface area contributed by atoms with Crippen molar-refractivity contribution >= 4 is 39.5 Å². The van der Waals surface area contributed by atoms with Crippen LogP contribution in [0, 0.1) is 0 Å². The van der Waals surface area contributed by atoms with Crippen LogP contribution in [-0.4, -0.2) is 96.7 Å². The summed E-state index contributed by atoms with van der Waals surface area (Å²) in [5.74, 6) is -2.17. The van der Waals surface area contributed by atoms with E-state index in [0.717, 1.165) is 148 Å². The Morgan fingerprint density at radius 3 is 0.755 bits per heavy atom. The number of aliphatic hydroxyl groups excluding tert-OH is 1. The fourth-order valence-corrected chi connectivity index (χ4v) is 13.4. The van der Waals surface area contributed by atoms with Crippen LogP contribution in [0.25, 0.3) is 0 Å². The van der Waals surface area contributed by atoms with Crippen LogP contribution in [0.1, 0.15) is 400 Å². The van der Waals surface area contributed by atoms with E-state index in [1.807, 2.05) is 0 Å². The highest BCUT2D eigenvalue weighted by atomic mass is 31.2. The Bertz CT molecular complexity index is 2120. The van der Waals surface area contributed by atoms with Gasteiger partial charge in [-0.3, -0.25) is 37.3 Å². The first kappa shape index (κ1) is 99.0. The van der Waals surface area contributed by atoms with Crippen LogP contribution in [0.15, 0.2) is 48.6 Å². The van der Waals surface area contributed by atoms with Crippen molar-refractivity contribution in [3.8, 4) is 0 Å². The van der Waals surface area contributed by atoms with Crippen LogP contribution < -0.4 is 0 Å². The summed E-state index contributed by atoms with van der Waals surface area (Å²) in [6, 6.07) is 0. The molecule has 17 nitrogen and oxygen atoms in total. The van der Waals surface area contributed by atoms with Crippen molar-refractivity contribution in [1.82, 2.24) is 0 Å². The lowest BCUT2D eigenvalue weighted by Gasteiger charge is -2.21. The quantitative estimate of drug-likeness (QED) is 0.0169. The number of aliphatic hydroxyl groups is 1. The molecular formula is C83H154O17P2. The summed E-state index contributed by atoms with van der Waals surface area (Å²) < 4.78 is 68.7. The molecule has 0 fully saturated rings. The summed E-state index contributed by atoms with van der Waals surface area (Å²) in [5, 5.41) is 10.7. The summed E-state index contributed by atoms with van der Waals surface area (Å²) in [5.41, 5.74) is 0. The maximum Gasteiger partial charge on any atom is 0.472 e. The predicted octanol–water partition coefficient (Wildman–Crippen LogP) is 24.5. The molecule has 598 valence electrons. The number of hydrogen-bond donors (Lipinski definition) is 3. The predicted molar refractivity (Wildman–Crippen MR) is 418 cm³/mol. The average molecular weight is 1490 g/mol. The molecule has 0 heterocycles. The largest absolute Gasteiger partial charge is 0.472 e. The van der Waals surface area contributed by atoms with E-state index >= 15 is 0 Å². The lowest BCUT2D eigenvalue weighted by Crippen LogP contribution is -2.30. The summed E-state index contributed by atoms with van der Waals surface area (Å²) in [4.78, 5) is 73.1. The van der Waals surface area contributed by atoms with Crippen molar-refractivity contribution in [3.63, 3.8) is 0 Å². The van der Waals surface area contributed by atoms with E-state index in [-0.39, 0.29) is 25.7 Å². The number of hydrogen-bond acceptors (Lipinski definition) is 15. The van der Waals surface area contributed by atoms with Gasteiger partial charge in [-0.2, -0.15) is 0 Å². The van der Waals surface area contributed by atoms with E-state index in [0.29, 0.717) is 25.7 Å². The second-order valence-corrected chi connectivity index (χ2v) is 31.3. The Kier molecular flexibility index (Phi) is 74.0. The van der Waals surface area contributed by atoms with Crippen molar-refractivity contribution in [2.45, 2.75) is 418 Å². The van der Waals surface area contributed by atoms with Gasteiger partial charge in [0.15, 0.2) is 12.2 Å². The van der Waals surface area contributed by atoms with Crippen LogP contribution in [-0.2, 0) is 65.4 Å². The van der Waals surface area contributed by atoms with Crippen molar-refractivity contribution in [1.29, 1.82) is 0 Å². The molecule has 0 rings (SSSR count). The van der Waals surface area contributed by atoms with E-state index < -0.39 is 97.5 Å². The van der Waals surface area contributed by atoms with Gasteiger partial charge in [-0.05, 0) is 109 Å². The fourth-order valence-electron chi connectivity index (χ4n) is 11.8. The lowest BCUT2D eigenvalue weighted by atomic mass is 10.0. The van der Waals surface area contributed by atoms with E-state index in [1.54, 1.807) is 0 Å². The number of phosphoric acid groups is 2. The summed E-state index contributed by atoms with van der Waals surface area (Å²) in [6.45, 7) is 4.91.